The first kappa shape index (κ1) is 16.0. The number of benzene rings is 1. The van der Waals surface area contributed by atoms with Crippen LogP contribution in [0.2, 0.25) is 0 Å². The van der Waals surface area contributed by atoms with Gasteiger partial charge in [-0.3, -0.25) is 0 Å². The van der Waals surface area contributed by atoms with E-state index in [-0.39, 0.29) is 23.7 Å². The van der Waals surface area contributed by atoms with Gasteiger partial charge in [0.05, 0.1) is 19.8 Å². The lowest BCUT2D eigenvalue weighted by molar-refractivity contribution is -0.672. The Balaban J connectivity index is 2.09. The molecule has 0 saturated heterocycles. The van der Waals surface area contributed by atoms with E-state index in [4.69, 9.17) is 9.47 Å². The number of ether oxygens (including phenoxy) is 2. The van der Waals surface area contributed by atoms with Gasteiger partial charge in [-0.2, -0.15) is 0 Å². The summed E-state index contributed by atoms with van der Waals surface area (Å²) in [7, 11) is 1.49. The molecule has 120 valence electrons. The first-order chi connectivity index (χ1) is 10.7. The summed E-state index contributed by atoms with van der Waals surface area (Å²) in [5, 5.41) is 30.5. The number of nitrogens with zero attached hydrogens (tertiary/aromatic N) is 3. The van der Waals surface area contributed by atoms with Crippen molar-refractivity contribution in [2.75, 3.05) is 25.8 Å². The van der Waals surface area contributed by atoms with Crippen molar-refractivity contribution in [1.82, 2.24) is 5.10 Å². The highest BCUT2D eigenvalue weighted by Crippen LogP contribution is 2.15. The van der Waals surface area contributed by atoms with Crippen molar-refractivity contribution in [2.45, 2.75) is 26.2 Å². The van der Waals surface area contributed by atoms with Gasteiger partial charge in [-0.05, 0) is 18.6 Å². The van der Waals surface area contributed by atoms with Gasteiger partial charge in [0.1, 0.15) is 5.75 Å². The summed E-state index contributed by atoms with van der Waals surface area (Å²) in [5.74, 6) is 0.391. The van der Waals surface area contributed by atoms with Gasteiger partial charge in [-0.1, -0.05) is 19.8 Å². The largest absolute Gasteiger partial charge is 0.739 e. The summed E-state index contributed by atoms with van der Waals surface area (Å²) in [4.78, 5) is 0.395. The second-order valence-electron chi connectivity index (χ2n) is 4.78. The highest BCUT2D eigenvalue weighted by Gasteiger charge is 2.20. The summed E-state index contributed by atoms with van der Waals surface area (Å²) in [6.07, 6.45) is 3.17. The Labute approximate surface area is 128 Å². The van der Waals surface area contributed by atoms with E-state index >= 15 is 0 Å². The van der Waals surface area contributed by atoms with E-state index in [0.717, 1.165) is 19.3 Å². The van der Waals surface area contributed by atoms with Crippen LogP contribution in [0.3, 0.4) is 0 Å². The lowest BCUT2D eigenvalue weighted by Gasteiger charge is -2.10. The number of rotatable bonds is 8. The van der Waals surface area contributed by atoms with E-state index in [0.29, 0.717) is 21.9 Å². The molecule has 0 bridgehead atoms. The fourth-order valence-corrected chi connectivity index (χ4v) is 2.00. The molecule has 0 amide bonds. The van der Waals surface area contributed by atoms with Gasteiger partial charge in [0.25, 0.3) is 0 Å². The monoisotopic (exact) mass is 308 g/mol. The van der Waals surface area contributed by atoms with Crippen molar-refractivity contribution >= 4 is 17.0 Å². The van der Waals surface area contributed by atoms with Gasteiger partial charge in [-0.15, -0.1) is 0 Å². The molecule has 0 atom stereocenters. The summed E-state index contributed by atoms with van der Waals surface area (Å²) in [5.41, 5.74) is 0.350. The van der Waals surface area contributed by atoms with E-state index in [9.17, 15) is 10.4 Å². The summed E-state index contributed by atoms with van der Waals surface area (Å²) in [6, 6.07) is 4.60. The molecule has 22 heavy (non-hydrogen) atoms. The Hall–Kier alpha value is -2.35. The second kappa shape index (κ2) is 7.60. The van der Waals surface area contributed by atoms with Crippen LogP contribution in [0.15, 0.2) is 18.2 Å². The van der Waals surface area contributed by atoms with Crippen molar-refractivity contribution in [2.24, 2.45) is 0 Å². The fourth-order valence-electron chi connectivity index (χ4n) is 2.00. The molecule has 8 nitrogen and oxygen atoms in total. The average molecular weight is 308 g/mol. The molecule has 1 aromatic heterocycles. The molecule has 2 rings (SSSR count). The van der Waals surface area contributed by atoms with Gasteiger partial charge in [-0.25, -0.2) is 10.0 Å². The highest BCUT2D eigenvalue weighted by molar-refractivity contribution is 5.70. The predicted octanol–water partition coefficient (Wildman–Crippen LogP) is 1.09. The quantitative estimate of drug-likeness (QED) is 0.339. The standard InChI is InChI=1S/C14H20N4O4/c1-3-4-5-8-22-10-15-14-16-18(20)13-9-11(21-2)6-7-12(13)17(14)19/h6-7,9H,3-5,8,10H2,1-2H3,(H,15,16). The lowest BCUT2D eigenvalue weighted by Crippen LogP contribution is -2.44. The van der Waals surface area contributed by atoms with Crippen molar-refractivity contribution in [3.63, 3.8) is 0 Å². The normalized spacial score (nSPS) is 10.8. The zero-order valence-electron chi connectivity index (χ0n) is 12.7. The van der Waals surface area contributed by atoms with Crippen LogP contribution in [-0.2, 0) is 4.74 Å². The van der Waals surface area contributed by atoms with E-state index in [2.05, 4.69) is 17.3 Å². The molecule has 1 heterocycles. The number of unbranched alkanes of at least 4 members (excludes halogenated alkanes) is 2. The van der Waals surface area contributed by atoms with Crippen LogP contribution in [0.25, 0.3) is 11.0 Å². The van der Waals surface area contributed by atoms with Gasteiger partial charge < -0.3 is 19.9 Å². The predicted molar refractivity (Wildman–Crippen MR) is 80.2 cm³/mol. The van der Waals surface area contributed by atoms with Gasteiger partial charge in [0.2, 0.25) is 5.10 Å². The smallest absolute Gasteiger partial charge is 0.462 e. The lowest BCUT2D eigenvalue weighted by atomic mass is 10.3. The molecule has 0 spiro atoms. The molecule has 0 saturated carbocycles. The van der Waals surface area contributed by atoms with Crippen LogP contribution in [0.5, 0.6) is 5.75 Å². The average Bonchev–Trinajstić information content (AvgIpc) is 2.54. The molecule has 0 unspecified atom stereocenters. The van der Waals surface area contributed by atoms with Crippen LogP contribution in [-0.4, -0.2) is 25.5 Å². The third kappa shape index (κ3) is 3.64. The Morgan fingerprint density at radius 2 is 2.05 bits per heavy atom. The third-order valence-electron chi connectivity index (χ3n) is 3.21. The van der Waals surface area contributed by atoms with Crippen LogP contribution in [0.1, 0.15) is 26.2 Å². The second-order valence-corrected chi connectivity index (χ2v) is 4.78. The summed E-state index contributed by atoms with van der Waals surface area (Å²) in [6.45, 7) is 2.84. The van der Waals surface area contributed by atoms with Crippen LogP contribution >= 0.6 is 0 Å². The number of methoxy groups -OCH3 is 1. The van der Waals surface area contributed by atoms with Crippen molar-refractivity contribution in [1.29, 1.82) is 0 Å². The molecule has 2 aromatic rings. The molecule has 0 radical (unpaired) electrons. The molecule has 8 heteroatoms. The molecule has 0 aliphatic heterocycles. The van der Waals surface area contributed by atoms with Gasteiger partial charge >= 0.3 is 11.5 Å². The van der Waals surface area contributed by atoms with E-state index in [1.807, 2.05) is 0 Å². The van der Waals surface area contributed by atoms with Gasteiger partial charge in [0.15, 0.2) is 12.2 Å². The fraction of sp³-hybridized carbons (Fsp3) is 0.500. The number of anilines is 1. The Morgan fingerprint density at radius 3 is 2.77 bits per heavy atom. The van der Waals surface area contributed by atoms with Crippen molar-refractivity contribution in [3.05, 3.63) is 28.6 Å². The number of nitrogens with one attached hydrogen (secondary N) is 1. The Kier molecular flexibility index (Phi) is 5.54. The maximum atomic E-state index is 12.2. The van der Waals surface area contributed by atoms with Crippen LogP contribution in [0.4, 0.5) is 5.95 Å². The topological polar surface area (TPSA) is 97.3 Å². The third-order valence-corrected chi connectivity index (χ3v) is 3.21. The molecule has 0 aliphatic carbocycles. The maximum absolute atomic E-state index is 12.2. The minimum absolute atomic E-state index is 0.0943. The number of aromatic nitrogens is 3. The van der Waals surface area contributed by atoms with Crippen molar-refractivity contribution in [3.8, 4) is 5.75 Å². The SMILES string of the molecule is CCCCCOCNc1n[n+]([O-])c2cc(OC)ccc2[n+]1[O-]. The first-order valence-electron chi connectivity index (χ1n) is 7.20. The first-order valence-corrected chi connectivity index (χ1v) is 7.20. The van der Waals surface area contributed by atoms with Crippen LogP contribution in [0, 0.1) is 10.4 Å². The molecule has 1 N–H and O–H groups in total. The zero-order chi connectivity index (χ0) is 15.9. The van der Waals surface area contributed by atoms with E-state index in [1.54, 1.807) is 6.07 Å². The van der Waals surface area contributed by atoms with E-state index in [1.165, 1.54) is 19.2 Å². The Morgan fingerprint density at radius 1 is 1.23 bits per heavy atom. The molecule has 0 aliphatic rings. The van der Waals surface area contributed by atoms with E-state index < -0.39 is 0 Å². The Bertz CT molecular complexity index is 636. The molecular formula is C14H20N4O4. The number of hydrogen-bond donors (Lipinski definition) is 1. The molecule has 0 fully saturated rings. The maximum Gasteiger partial charge on any atom is 0.462 e. The van der Waals surface area contributed by atoms with Crippen LogP contribution < -0.4 is 19.6 Å². The van der Waals surface area contributed by atoms with Crippen molar-refractivity contribution < 1.29 is 19.0 Å². The molecular weight excluding hydrogens is 288 g/mol. The van der Waals surface area contributed by atoms with Gasteiger partial charge in [0, 0.05) is 4.85 Å². The summed E-state index contributed by atoms with van der Waals surface area (Å²) < 4.78 is 10.9. The molecule has 1 aromatic carbocycles. The number of fused-ring (bicyclic) bond motifs is 1. The zero-order valence-corrected chi connectivity index (χ0v) is 12.7. The summed E-state index contributed by atoms with van der Waals surface area (Å²) >= 11 is 0. The highest BCUT2D eigenvalue weighted by atomic mass is 16.5. The minimum atomic E-state index is -0.0943. The minimum Gasteiger partial charge on any atom is -0.739 e. The number of hydrogen-bond acceptors (Lipinski definition) is 6.